The molecule has 3 aliphatic rings. The molecule has 1 unspecified atom stereocenters. The zero-order valence-electron chi connectivity index (χ0n) is 19.6. The van der Waals surface area contributed by atoms with E-state index in [1.165, 1.54) is 6.07 Å². The number of imide groups is 1. The third-order valence-electron chi connectivity index (χ3n) is 7.33. The molecule has 0 aliphatic carbocycles. The normalized spacial score (nSPS) is 20.3. The number of amides is 3. The number of carbonyl (C=O) groups is 3. The van der Waals surface area contributed by atoms with E-state index in [0.717, 1.165) is 47.6 Å². The average molecular weight is 485 g/mol. The number of halogens is 1. The lowest BCUT2D eigenvalue weighted by Gasteiger charge is -2.39. The fourth-order valence-electron chi connectivity index (χ4n) is 5.39. The molecule has 2 aromatic carbocycles. The van der Waals surface area contributed by atoms with Gasteiger partial charge in [0.25, 0.3) is 5.91 Å². The largest absolute Gasteiger partial charge is 0.322 e. The summed E-state index contributed by atoms with van der Waals surface area (Å²) in [6, 6.07) is 15.9. The number of nitrogens with zero attached hydrogens (tertiary/aromatic N) is 3. The molecule has 182 valence electrons. The molecule has 0 radical (unpaired) electrons. The summed E-state index contributed by atoms with van der Waals surface area (Å²) in [7, 11) is 0. The third-order valence-corrected chi connectivity index (χ3v) is 7.33. The molecule has 1 atom stereocenters. The minimum Gasteiger partial charge on any atom is -0.322 e. The first kappa shape index (κ1) is 22.5. The van der Waals surface area contributed by atoms with E-state index in [-0.39, 0.29) is 24.1 Å². The highest BCUT2D eigenvalue weighted by Gasteiger charge is 2.39. The van der Waals surface area contributed by atoms with Gasteiger partial charge in [0.15, 0.2) is 0 Å². The summed E-state index contributed by atoms with van der Waals surface area (Å²) in [6.45, 7) is 2.90. The molecular weight excluding hydrogens is 459 g/mol. The molecule has 1 aromatic heterocycles. The topological polar surface area (TPSA) is 82.6 Å². The van der Waals surface area contributed by atoms with Gasteiger partial charge in [-0.15, -0.1) is 0 Å². The maximum atomic E-state index is 13.5. The second kappa shape index (κ2) is 8.95. The molecule has 0 saturated carbocycles. The van der Waals surface area contributed by atoms with Crippen molar-refractivity contribution in [3.05, 3.63) is 88.9 Å². The highest BCUT2D eigenvalue weighted by atomic mass is 19.1. The lowest BCUT2D eigenvalue weighted by molar-refractivity contribution is -0.136. The lowest BCUT2D eigenvalue weighted by atomic mass is 9.91. The molecule has 2 fully saturated rings. The van der Waals surface area contributed by atoms with Crippen molar-refractivity contribution >= 4 is 17.7 Å². The summed E-state index contributed by atoms with van der Waals surface area (Å²) in [4.78, 5) is 45.2. The molecule has 0 spiro atoms. The number of benzene rings is 2. The summed E-state index contributed by atoms with van der Waals surface area (Å²) < 4.78 is 13.5. The number of nitrogens with one attached hydrogen (secondary N) is 1. The van der Waals surface area contributed by atoms with E-state index in [9.17, 15) is 18.8 Å². The van der Waals surface area contributed by atoms with Crippen LogP contribution < -0.4 is 5.32 Å². The first-order valence-electron chi connectivity index (χ1n) is 12.2. The van der Waals surface area contributed by atoms with Crippen LogP contribution in [0.4, 0.5) is 4.39 Å². The van der Waals surface area contributed by atoms with Crippen molar-refractivity contribution in [3.63, 3.8) is 0 Å². The zero-order valence-corrected chi connectivity index (χ0v) is 19.6. The molecule has 3 aliphatic heterocycles. The second-order valence-corrected chi connectivity index (χ2v) is 9.77. The quantitative estimate of drug-likeness (QED) is 0.563. The fourth-order valence-corrected chi connectivity index (χ4v) is 5.39. The number of piperidine rings is 1. The van der Waals surface area contributed by atoms with E-state index in [2.05, 4.69) is 21.3 Å². The van der Waals surface area contributed by atoms with Crippen molar-refractivity contribution in [1.82, 2.24) is 20.1 Å². The predicted octanol–water partition coefficient (Wildman–Crippen LogP) is 3.25. The monoisotopic (exact) mass is 484 g/mol. The number of rotatable bonds is 5. The van der Waals surface area contributed by atoms with Crippen LogP contribution >= 0.6 is 0 Å². The maximum absolute atomic E-state index is 13.5. The van der Waals surface area contributed by atoms with Gasteiger partial charge in [0.05, 0.1) is 5.69 Å². The van der Waals surface area contributed by atoms with Crippen LogP contribution in [0.3, 0.4) is 0 Å². The maximum Gasteiger partial charge on any atom is 0.255 e. The van der Waals surface area contributed by atoms with Gasteiger partial charge in [-0.1, -0.05) is 18.2 Å². The number of aromatic nitrogens is 1. The van der Waals surface area contributed by atoms with Crippen LogP contribution in [0, 0.1) is 5.82 Å². The van der Waals surface area contributed by atoms with Crippen LogP contribution in [0.1, 0.15) is 45.8 Å². The van der Waals surface area contributed by atoms with E-state index in [4.69, 9.17) is 0 Å². The molecule has 0 bridgehead atoms. The molecule has 1 N–H and O–H groups in total. The minimum absolute atomic E-state index is 0.182. The Labute approximate surface area is 207 Å². The Kier molecular flexibility index (Phi) is 5.60. The van der Waals surface area contributed by atoms with Gasteiger partial charge in [-0.05, 0) is 59.5 Å². The molecule has 36 heavy (non-hydrogen) atoms. The van der Waals surface area contributed by atoms with E-state index >= 15 is 0 Å². The van der Waals surface area contributed by atoms with Crippen LogP contribution in [0.5, 0.6) is 0 Å². The molecule has 6 rings (SSSR count). The van der Waals surface area contributed by atoms with Crippen molar-refractivity contribution < 1.29 is 18.8 Å². The SMILES string of the molecule is O=C1CCC(N2Cc3cc(-c4cc(CN5CC(c6cccc(F)c6)C5)ccn4)ccc3C2=O)C(=O)N1. The lowest BCUT2D eigenvalue weighted by Crippen LogP contribution is -2.52. The van der Waals surface area contributed by atoms with Gasteiger partial charge >= 0.3 is 0 Å². The van der Waals surface area contributed by atoms with Crippen molar-refractivity contribution in [2.45, 2.75) is 37.9 Å². The molecule has 2 saturated heterocycles. The molecule has 7 nitrogen and oxygen atoms in total. The summed E-state index contributed by atoms with van der Waals surface area (Å²) in [5.74, 6) is -0.730. The Hall–Kier alpha value is -3.91. The Bertz CT molecular complexity index is 1380. The molecule has 8 heteroatoms. The smallest absolute Gasteiger partial charge is 0.255 e. The summed E-state index contributed by atoms with van der Waals surface area (Å²) in [5, 5.41) is 2.33. The van der Waals surface area contributed by atoms with Gasteiger partial charge < -0.3 is 4.90 Å². The van der Waals surface area contributed by atoms with E-state index in [1.807, 2.05) is 24.3 Å². The van der Waals surface area contributed by atoms with Gasteiger partial charge in [0.1, 0.15) is 11.9 Å². The van der Waals surface area contributed by atoms with E-state index in [1.54, 1.807) is 29.3 Å². The minimum atomic E-state index is -0.625. The molecule has 3 amide bonds. The highest BCUT2D eigenvalue weighted by Crippen LogP contribution is 2.32. The van der Waals surface area contributed by atoms with Crippen LogP contribution in [0.15, 0.2) is 60.8 Å². The summed E-state index contributed by atoms with van der Waals surface area (Å²) >= 11 is 0. The number of fused-ring (bicyclic) bond motifs is 1. The van der Waals surface area contributed by atoms with E-state index < -0.39 is 11.9 Å². The number of hydrogen-bond acceptors (Lipinski definition) is 5. The Morgan fingerprint density at radius 3 is 2.69 bits per heavy atom. The molecular formula is C28H25FN4O3. The van der Waals surface area contributed by atoms with Crippen LogP contribution in [0.25, 0.3) is 11.3 Å². The summed E-state index contributed by atoms with van der Waals surface area (Å²) in [5.41, 5.74) is 5.36. The standard InChI is InChI=1S/C28H25FN4O3/c29-22-3-1-2-18(12-22)21-14-32(15-21)13-17-8-9-30-24(10-17)19-4-5-23-20(11-19)16-33(28(23)36)25-6-7-26(34)31-27(25)35/h1-5,8-12,21,25H,6-7,13-16H2,(H,31,34,35). The molecule has 3 aromatic rings. The Morgan fingerprint density at radius 2 is 1.89 bits per heavy atom. The first-order valence-corrected chi connectivity index (χ1v) is 12.2. The van der Waals surface area contributed by atoms with Crippen molar-refractivity contribution in [3.8, 4) is 11.3 Å². The zero-order chi connectivity index (χ0) is 24.8. The number of carbonyl (C=O) groups excluding carboxylic acids is 3. The van der Waals surface area contributed by atoms with Crippen molar-refractivity contribution in [2.24, 2.45) is 0 Å². The number of hydrogen-bond donors (Lipinski definition) is 1. The van der Waals surface area contributed by atoms with Crippen molar-refractivity contribution in [2.75, 3.05) is 13.1 Å². The first-order chi connectivity index (χ1) is 17.4. The van der Waals surface area contributed by atoms with E-state index in [0.29, 0.717) is 24.4 Å². The van der Waals surface area contributed by atoms with Gasteiger partial charge in [0, 0.05) is 55.8 Å². The Balaban J connectivity index is 1.14. The summed E-state index contributed by atoms with van der Waals surface area (Å²) in [6.07, 6.45) is 2.37. The van der Waals surface area contributed by atoms with Gasteiger partial charge in [-0.2, -0.15) is 0 Å². The van der Waals surface area contributed by atoms with Crippen LogP contribution in [-0.4, -0.2) is 51.6 Å². The number of likely N-dealkylation sites (tertiary alicyclic amines) is 1. The van der Waals surface area contributed by atoms with Crippen molar-refractivity contribution in [1.29, 1.82) is 0 Å². The average Bonchev–Trinajstić information content (AvgIpc) is 3.17. The predicted molar refractivity (Wildman–Crippen MR) is 130 cm³/mol. The highest BCUT2D eigenvalue weighted by molar-refractivity contribution is 6.05. The Morgan fingerprint density at radius 1 is 1.03 bits per heavy atom. The fraction of sp³-hybridized carbons (Fsp3) is 0.286. The third kappa shape index (κ3) is 4.18. The van der Waals surface area contributed by atoms with Gasteiger partial charge in [-0.25, -0.2) is 4.39 Å². The van der Waals surface area contributed by atoms with Crippen LogP contribution in [0.2, 0.25) is 0 Å². The van der Waals surface area contributed by atoms with Crippen LogP contribution in [-0.2, 0) is 22.7 Å². The molecule has 4 heterocycles. The van der Waals surface area contributed by atoms with Gasteiger partial charge in [0.2, 0.25) is 11.8 Å². The second-order valence-electron chi connectivity index (χ2n) is 9.77. The number of pyridine rings is 1. The van der Waals surface area contributed by atoms with Gasteiger partial charge in [-0.3, -0.25) is 29.6 Å².